The lowest BCUT2D eigenvalue weighted by Crippen LogP contribution is -1.81. The van der Waals surface area contributed by atoms with Crippen LogP contribution in [0.4, 0.5) is 0 Å². The molecule has 0 saturated carbocycles. The maximum Gasteiger partial charge on any atom is 0.128 e. The highest BCUT2D eigenvalue weighted by atomic mass is 16.3. The van der Waals surface area contributed by atoms with Crippen molar-refractivity contribution >= 4 is 21.8 Å². The van der Waals surface area contributed by atoms with E-state index in [4.69, 9.17) is 0 Å². The normalized spacial score (nSPS) is 11.3. The zero-order chi connectivity index (χ0) is 11.1. The van der Waals surface area contributed by atoms with Crippen molar-refractivity contribution in [2.45, 2.75) is 13.3 Å². The molecule has 3 rings (SSSR count). The molecule has 0 radical (unpaired) electrons. The van der Waals surface area contributed by atoms with Crippen molar-refractivity contribution in [3.63, 3.8) is 0 Å². The van der Waals surface area contributed by atoms with Gasteiger partial charge in [0.15, 0.2) is 0 Å². The fourth-order valence-electron chi connectivity index (χ4n) is 2.25. The van der Waals surface area contributed by atoms with Gasteiger partial charge < -0.3 is 10.1 Å². The van der Waals surface area contributed by atoms with E-state index < -0.39 is 0 Å². The average molecular weight is 211 g/mol. The van der Waals surface area contributed by atoms with Crippen LogP contribution in [0.1, 0.15) is 12.5 Å². The zero-order valence-corrected chi connectivity index (χ0v) is 9.12. The molecule has 0 saturated heterocycles. The minimum absolute atomic E-state index is 0.414. The Kier molecular flexibility index (Phi) is 1.90. The molecule has 2 nitrogen and oxygen atoms in total. The Bertz CT molecular complexity index is 667. The molecule has 2 heteroatoms. The number of phenols is 1. The van der Waals surface area contributed by atoms with Gasteiger partial charge in [0.1, 0.15) is 5.75 Å². The molecule has 0 fully saturated rings. The van der Waals surface area contributed by atoms with Crippen LogP contribution >= 0.6 is 0 Å². The van der Waals surface area contributed by atoms with Crippen molar-refractivity contribution in [2.75, 3.05) is 0 Å². The molecular weight excluding hydrogens is 198 g/mol. The lowest BCUT2D eigenvalue weighted by molar-refractivity contribution is 0.475. The average Bonchev–Trinajstić information content (AvgIpc) is 2.68. The first-order valence-electron chi connectivity index (χ1n) is 5.52. The van der Waals surface area contributed by atoms with E-state index in [2.05, 4.69) is 11.9 Å². The first-order valence-corrected chi connectivity index (χ1v) is 5.52. The summed E-state index contributed by atoms with van der Waals surface area (Å²) in [7, 11) is 0. The molecule has 0 aliphatic carbocycles. The van der Waals surface area contributed by atoms with E-state index in [1.54, 1.807) is 0 Å². The first-order chi connectivity index (χ1) is 7.81. The van der Waals surface area contributed by atoms with E-state index in [-0.39, 0.29) is 0 Å². The highest BCUT2D eigenvalue weighted by molar-refractivity contribution is 6.10. The van der Waals surface area contributed by atoms with Crippen molar-refractivity contribution in [3.05, 3.63) is 42.0 Å². The summed E-state index contributed by atoms with van der Waals surface area (Å²) in [4.78, 5) is 3.31. The minimum atomic E-state index is 0.414. The second kappa shape index (κ2) is 3.27. The van der Waals surface area contributed by atoms with Crippen LogP contribution in [0.3, 0.4) is 0 Å². The third kappa shape index (κ3) is 1.13. The van der Waals surface area contributed by atoms with Crippen LogP contribution in [-0.2, 0) is 6.42 Å². The Balaban J connectivity index is 2.53. The molecule has 80 valence electrons. The Hall–Kier alpha value is -1.96. The highest BCUT2D eigenvalue weighted by Gasteiger charge is 2.10. The molecule has 2 N–H and O–H groups in total. The zero-order valence-electron chi connectivity index (χ0n) is 9.12. The van der Waals surface area contributed by atoms with Crippen molar-refractivity contribution in [1.82, 2.24) is 4.98 Å². The van der Waals surface area contributed by atoms with Crippen LogP contribution < -0.4 is 0 Å². The van der Waals surface area contributed by atoms with Crippen molar-refractivity contribution in [3.8, 4) is 5.75 Å². The third-order valence-corrected chi connectivity index (χ3v) is 3.11. The second-order valence-corrected chi connectivity index (χ2v) is 4.02. The maximum absolute atomic E-state index is 10.2. The Morgan fingerprint density at radius 1 is 1.06 bits per heavy atom. The van der Waals surface area contributed by atoms with Gasteiger partial charge in [-0.05, 0) is 24.1 Å². The van der Waals surface area contributed by atoms with Gasteiger partial charge in [0.2, 0.25) is 0 Å². The van der Waals surface area contributed by atoms with Gasteiger partial charge in [0, 0.05) is 16.3 Å². The molecule has 0 amide bonds. The van der Waals surface area contributed by atoms with Gasteiger partial charge in [-0.2, -0.15) is 0 Å². The lowest BCUT2D eigenvalue weighted by Gasteiger charge is -2.02. The molecule has 0 spiro atoms. The second-order valence-electron chi connectivity index (χ2n) is 4.02. The predicted molar refractivity (Wildman–Crippen MR) is 66.8 cm³/mol. The molecule has 3 aromatic rings. The van der Waals surface area contributed by atoms with E-state index >= 15 is 0 Å². The van der Waals surface area contributed by atoms with Crippen LogP contribution in [0.25, 0.3) is 21.8 Å². The first kappa shape index (κ1) is 9.28. The van der Waals surface area contributed by atoms with E-state index in [1.807, 2.05) is 36.4 Å². The van der Waals surface area contributed by atoms with Crippen LogP contribution in [0, 0.1) is 0 Å². The number of nitrogens with one attached hydrogen (secondary N) is 1. The number of hydrogen-bond acceptors (Lipinski definition) is 1. The third-order valence-electron chi connectivity index (χ3n) is 3.11. The number of rotatable bonds is 1. The number of aryl methyl sites for hydroxylation is 1. The minimum Gasteiger partial charge on any atom is -0.507 e. The summed E-state index contributed by atoms with van der Waals surface area (Å²) in [6, 6.07) is 12.1. The molecule has 0 aliphatic heterocycles. The van der Waals surface area contributed by atoms with Crippen molar-refractivity contribution < 1.29 is 5.11 Å². The summed E-state index contributed by atoms with van der Waals surface area (Å²) in [6.45, 7) is 2.05. The summed E-state index contributed by atoms with van der Waals surface area (Å²) >= 11 is 0. The van der Waals surface area contributed by atoms with Gasteiger partial charge in [-0.3, -0.25) is 0 Å². The monoisotopic (exact) mass is 211 g/mol. The fourth-order valence-corrected chi connectivity index (χ4v) is 2.25. The number of aromatic amines is 1. The van der Waals surface area contributed by atoms with Gasteiger partial charge in [0.25, 0.3) is 0 Å². The standard InChI is InChI=1S/C14H13NO/c1-2-9-7-8-12-13(14(9)16)10-5-3-4-6-11(10)15-12/h3-8,15-16H,2H2,1H3. The largest absolute Gasteiger partial charge is 0.507 e. The molecule has 0 atom stereocenters. The Morgan fingerprint density at radius 3 is 2.69 bits per heavy atom. The topological polar surface area (TPSA) is 36.0 Å². The summed E-state index contributed by atoms with van der Waals surface area (Å²) in [5, 5.41) is 12.2. The van der Waals surface area contributed by atoms with E-state index in [0.717, 1.165) is 33.8 Å². The fraction of sp³-hybridized carbons (Fsp3) is 0.143. The number of para-hydroxylation sites is 1. The Morgan fingerprint density at radius 2 is 1.88 bits per heavy atom. The highest BCUT2D eigenvalue weighted by Crippen LogP contribution is 2.34. The van der Waals surface area contributed by atoms with Gasteiger partial charge in [-0.1, -0.05) is 31.2 Å². The molecule has 16 heavy (non-hydrogen) atoms. The molecule has 0 bridgehead atoms. The van der Waals surface area contributed by atoms with Gasteiger partial charge in [-0.15, -0.1) is 0 Å². The van der Waals surface area contributed by atoms with Gasteiger partial charge >= 0.3 is 0 Å². The number of phenolic OH excluding ortho intramolecular Hbond substituents is 1. The van der Waals surface area contributed by atoms with Crippen LogP contribution in [-0.4, -0.2) is 10.1 Å². The molecule has 1 aromatic heterocycles. The van der Waals surface area contributed by atoms with Gasteiger partial charge in [-0.25, -0.2) is 0 Å². The van der Waals surface area contributed by atoms with Crippen molar-refractivity contribution in [2.24, 2.45) is 0 Å². The number of hydrogen-bond donors (Lipinski definition) is 2. The van der Waals surface area contributed by atoms with Crippen LogP contribution in [0.5, 0.6) is 5.75 Å². The number of aromatic nitrogens is 1. The number of fused-ring (bicyclic) bond motifs is 3. The molecule has 1 heterocycles. The van der Waals surface area contributed by atoms with Crippen LogP contribution in [0.2, 0.25) is 0 Å². The summed E-state index contributed by atoms with van der Waals surface area (Å²) < 4.78 is 0. The predicted octanol–water partition coefficient (Wildman–Crippen LogP) is 3.59. The summed E-state index contributed by atoms with van der Waals surface area (Å²) in [5.41, 5.74) is 3.06. The van der Waals surface area contributed by atoms with Gasteiger partial charge in [0.05, 0.1) is 5.52 Å². The Labute approximate surface area is 93.5 Å². The van der Waals surface area contributed by atoms with Crippen LogP contribution in [0.15, 0.2) is 36.4 Å². The van der Waals surface area contributed by atoms with E-state index in [0.29, 0.717) is 5.75 Å². The quantitative estimate of drug-likeness (QED) is 0.634. The summed E-state index contributed by atoms with van der Waals surface area (Å²) in [6.07, 6.45) is 0.848. The molecular formula is C14H13NO. The SMILES string of the molecule is CCc1ccc2[nH]c3ccccc3c2c1O. The van der Waals surface area contributed by atoms with E-state index in [1.165, 1.54) is 0 Å². The smallest absolute Gasteiger partial charge is 0.128 e. The number of aromatic hydroxyl groups is 1. The maximum atomic E-state index is 10.2. The van der Waals surface area contributed by atoms with E-state index in [9.17, 15) is 5.11 Å². The molecule has 2 aromatic carbocycles. The number of benzene rings is 2. The van der Waals surface area contributed by atoms with Crippen molar-refractivity contribution in [1.29, 1.82) is 0 Å². The number of H-pyrrole nitrogens is 1. The lowest BCUT2D eigenvalue weighted by atomic mass is 10.1. The summed E-state index contributed by atoms with van der Waals surface area (Å²) in [5.74, 6) is 0.414. The molecule has 0 aliphatic rings. The molecule has 0 unspecified atom stereocenters.